The van der Waals surface area contributed by atoms with Gasteiger partial charge in [0.05, 0.1) is 0 Å². The smallest absolute Gasteiger partial charge is 0.344 e. The van der Waals surface area contributed by atoms with Crippen LogP contribution in [0.3, 0.4) is 0 Å². The van der Waals surface area contributed by atoms with Gasteiger partial charge in [-0.05, 0) is 44.7 Å². The topological polar surface area (TPSA) is 101 Å². The van der Waals surface area contributed by atoms with Crippen LogP contribution in [0.1, 0.15) is 31.0 Å². The lowest BCUT2D eigenvalue weighted by atomic mass is 10.1. The molecule has 1 aromatic carbocycles. The molecule has 0 aliphatic carbocycles. The first kappa shape index (κ1) is 14.4. The molecule has 2 aromatic rings. The number of nitrogens with one attached hydrogen (secondary N) is 2. The average Bonchev–Trinajstić information content (AvgIpc) is 2.72. The van der Waals surface area contributed by atoms with Crippen LogP contribution in [0, 0.1) is 12.3 Å². The fourth-order valence-electron chi connectivity index (χ4n) is 1.86. The molecule has 0 saturated heterocycles. The lowest BCUT2D eigenvalue weighted by Crippen LogP contribution is -2.19. The first-order valence-corrected chi connectivity index (χ1v) is 7.01. The molecule has 0 radical (unpaired) electrons. The van der Waals surface area contributed by atoms with Crippen LogP contribution < -0.4 is 11.4 Å². The third kappa shape index (κ3) is 2.77. The standard InChI is InChI=1S/C13H17N5OS/c1-7(2)18-12(19)16-17-13(18)20-10-5-4-8(3)6-9(10)11(14)15/h4-7H,1-3H3,(H3,14,15)(H,16,19). The molecule has 0 atom stereocenters. The average molecular weight is 291 g/mol. The van der Waals surface area contributed by atoms with Crippen molar-refractivity contribution in [1.29, 1.82) is 5.41 Å². The highest BCUT2D eigenvalue weighted by molar-refractivity contribution is 7.99. The molecule has 0 spiro atoms. The molecular weight excluding hydrogens is 274 g/mol. The first-order chi connectivity index (χ1) is 9.40. The Morgan fingerprint density at radius 2 is 2.20 bits per heavy atom. The van der Waals surface area contributed by atoms with Crippen LogP contribution in [0.5, 0.6) is 0 Å². The second-order valence-corrected chi connectivity index (χ2v) is 5.80. The SMILES string of the molecule is Cc1ccc(Sc2n[nH]c(=O)n2C(C)C)c(C(=N)N)c1. The lowest BCUT2D eigenvalue weighted by Gasteiger charge is -2.11. The minimum Gasteiger partial charge on any atom is -0.384 e. The fourth-order valence-corrected chi connectivity index (χ4v) is 2.95. The molecule has 1 heterocycles. The fraction of sp³-hybridized carbons (Fsp3) is 0.308. The summed E-state index contributed by atoms with van der Waals surface area (Å²) in [6.07, 6.45) is 0. The maximum atomic E-state index is 11.7. The van der Waals surface area contributed by atoms with Gasteiger partial charge in [-0.1, -0.05) is 11.6 Å². The maximum absolute atomic E-state index is 11.7. The molecule has 6 nitrogen and oxygen atoms in total. The van der Waals surface area contributed by atoms with Gasteiger partial charge in [0, 0.05) is 16.5 Å². The minimum absolute atomic E-state index is 0.00480. The van der Waals surface area contributed by atoms with Crippen LogP contribution in [0.15, 0.2) is 33.0 Å². The van der Waals surface area contributed by atoms with Crippen LogP contribution >= 0.6 is 11.8 Å². The zero-order valence-electron chi connectivity index (χ0n) is 11.6. The third-order valence-electron chi connectivity index (χ3n) is 2.81. The highest BCUT2D eigenvalue weighted by Crippen LogP contribution is 2.30. The van der Waals surface area contributed by atoms with Gasteiger partial charge >= 0.3 is 5.69 Å². The van der Waals surface area contributed by atoms with Crippen molar-refractivity contribution in [2.75, 3.05) is 0 Å². The molecule has 0 unspecified atom stereocenters. The number of rotatable bonds is 4. The van der Waals surface area contributed by atoms with Crippen LogP contribution in [0.25, 0.3) is 0 Å². The van der Waals surface area contributed by atoms with Crippen molar-refractivity contribution in [3.05, 3.63) is 39.8 Å². The highest BCUT2D eigenvalue weighted by Gasteiger charge is 2.15. The van der Waals surface area contributed by atoms with E-state index >= 15 is 0 Å². The summed E-state index contributed by atoms with van der Waals surface area (Å²) in [5.41, 5.74) is 7.06. The van der Waals surface area contributed by atoms with E-state index < -0.39 is 0 Å². The van der Waals surface area contributed by atoms with Gasteiger partial charge < -0.3 is 5.73 Å². The predicted molar refractivity (Wildman–Crippen MR) is 79.6 cm³/mol. The second kappa shape index (κ2) is 5.54. The van der Waals surface area contributed by atoms with E-state index in [9.17, 15) is 4.79 Å². The van der Waals surface area contributed by atoms with E-state index in [0.29, 0.717) is 10.7 Å². The van der Waals surface area contributed by atoms with E-state index in [1.165, 1.54) is 11.8 Å². The molecular formula is C13H17N5OS. The molecule has 0 fully saturated rings. The van der Waals surface area contributed by atoms with Crippen molar-refractivity contribution in [1.82, 2.24) is 14.8 Å². The van der Waals surface area contributed by atoms with Crippen molar-refractivity contribution in [3.8, 4) is 0 Å². The van der Waals surface area contributed by atoms with Crippen LogP contribution in [-0.4, -0.2) is 20.6 Å². The van der Waals surface area contributed by atoms with Crippen LogP contribution in [0.2, 0.25) is 0 Å². The van der Waals surface area contributed by atoms with Crippen molar-refractivity contribution in [3.63, 3.8) is 0 Å². The Hall–Kier alpha value is -2.02. The van der Waals surface area contributed by atoms with E-state index in [0.717, 1.165) is 10.5 Å². The normalized spacial score (nSPS) is 11.0. The summed E-state index contributed by atoms with van der Waals surface area (Å²) >= 11 is 1.33. The number of aromatic nitrogens is 3. The number of benzene rings is 1. The number of hydrogen-bond acceptors (Lipinski definition) is 4. The van der Waals surface area contributed by atoms with Crippen LogP contribution in [-0.2, 0) is 0 Å². The number of nitrogens with zero attached hydrogens (tertiary/aromatic N) is 2. The van der Waals surface area contributed by atoms with E-state index in [1.54, 1.807) is 4.57 Å². The van der Waals surface area contributed by atoms with E-state index in [4.69, 9.17) is 11.1 Å². The number of hydrogen-bond donors (Lipinski definition) is 3. The molecule has 2 rings (SSSR count). The maximum Gasteiger partial charge on any atom is 0.344 e. The molecule has 4 N–H and O–H groups in total. The van der Waals surface area contributed by atoms with E-state index in [2.05, 4.69) is 10.2 Å². The number of aromatic amines is 1. The quantitative estimate of drug-likeness (QED) is 0.591. The Bertz CT molecular complexity index is 701. The second-order valence-electron chi connectivity index (χ2n) is 4.79. The Morgan fingerprint density at radius 1 is 1.50 bits per heavy atom. The molecule has 0 bridgehead atoms. The Kier molecular flexibility index (Phi) is 3.99. The van der Waals surface area contributed by atoms with E-state index in [1.807, 2.05) is 39.0 Å². The number of nitrogens with two attached hydrogens (primary N) is 1. The number of amidine groups is 1. The van der Waals surface area contributed by atoms with Gasteiger partial charge in [-0.25, -0.2) is 9.89 Å². The lowest BCUT2D eigenvalue weighted by molar-refractivity contribution is 0.534. The van der Waals surface area contributed by atoms with Crippen LogP contribution in [0.4, 0.5) is 0 Å². The Morgan fingerprint density at radius 3 is 2.80 bits per heavy atom. The Labute approximate surface area is 120 Å². The number of aryl methyl sites for hydroxylation is 1. The summed E-state index contributed by atoms with van der Waals surface area (Å²) in [5.74, 6) is 0.00480. The summed E-state index contributed by atoms with van der Waals surface area (Å²) in [6.45, 7) is 5.78. The Balaban J connectivity index is 2.45. The molecule has 0 aliphatic heterocycles. The predicted octanol–water partition coefficient (Wildman–Crippen LogP) is 1.90. The summed E-state index contributed by atoms with van der Waals surface area (Å²) in [5, 5.41) is 14.7. The number of nitrogen functional groups attached to an aromatic ring is 1. The number of H-pyrrole nitrogens is 1. The molecule has 20 heavy (non-hydrogen) atoms. The summed E-state index contributed by atoms with van der Waals surface area (Å²) < 4.78 is 1.58. The minimum atomic E-state index is -0.237. The largest absolute Gasteiger partial charge is 0.384 e. The van der Waals surface area contributed by atoms with Gasteiger partial charge in [-0.3, -0.25) is 9.98 Å². The van der Waals surface area contributed by atoms with Gasteiger partial charge in [-0.2, -0.15) is 0 Å². The summed E-state index contributed by atoms with van der Waals surface area (Å²) in [6, 6.07) is 5.70. The van der Waals surface area contributed by atoms with Gasteiger partial charge in [0.15, 0.2) is 5.16 Å². The van der Waals surface area contributed by atoms with Gasteiger partial charge in [0.2, 0.25) is 0 Å². The third-order valence-corrected chi connectivity index (χ3v) is 3.86. The van der Waals surface area contributed by atoms with Gasteiger partial charge in [0.1, 0.15) is 5.84 Å². The van der Waals surface area contributed by atoms with E-state index in [-0.39, 0.29) is 17.6 Å². The first-order valence-electron chi connectivity index (χ1n) is 6.20. The van der Waals surface area contributed by atoms with Crippen molar-refractivity contribution in [2.24, 2.45) is 5.73 Å². The molecule has 0 saturated carbocycles. The summed E-state index contributed by atoms with van der Waals surface area (Å²) in [4.78, 5) is 12.5. The zero-order chi connectivity index (χ0) is 14.9. The molecule has 106 valence electrons. The van der Waals surface area contributed by atoms with Crippen molar-refractivity contribution in [2.45, 2.75) is 36.9 Å². The van der Waals surface area contributed by atoms with Gasteiger partial charge in [0.25, 0.3) is 0 Å². The molecule has 7 heteroatoms. The monoisotopic (exact) mass is 291 g/mol. The van der Waals surface area contributed by atoms with Gasteiger partial charge in [-0.15, -0.1) is 5.10 Å². The molecule has 0 amide bonds. The molecule has 1 aromatic heterocycles. The zero-order valence-corrected chi connectivity index (χ0v) is 12.4. The molecule has 0 aliphatic rings. The van der Waals surface area contributed by atoms with Crippen molar-refractivity contribution >= 4 is 17.6 Å². The summed E-state index contributed by atoms with van der Waals surface area (Å²) in [7, 11) is 0. The van der Waals surface area contributed by atoms with Crippen molar-refractivity contribution < 1.29 is 0 Å². The highest BCUT2D eigenvalue weighted by atomic mass is 32.2.